The van der Waals surface area contributed by atoms with Gasteiger partial charge >= 0.3 is 0 Å². The lowest BCUT2D eigenvalue weighted by Crippen LogP contribution is -2.47. The number of halogens is 1. The number of rotatable bonds is 1. The molecule has 0 aromatic carbocycles. The number of carbonyl (C=O) groups is 1. The number of piperidine rings is 2. The maximum absolute atomic E-state index is 12.4. The van der Waals surface area contributed by atoms with E-state index in [4.69, 9.17) is 0 Å². The van der Waals surface area contributed by atoms with Crippen molar-refractivity contribution < 1.29 is 4.79 Å². The normalized spacial score (nSPS) is 25.8. The fourth-order valence-electron chi connectivity index (χ4n) is 3.29. The second kappa shape index (κ2) is 6.94. The topological polar surface area (TPSA) is 32.3 Å². The van der Waals surface area contributed by atoms with Crippen LogP contribution in [-0.4, -0.2) is 37.0 Å². The summed E-state index contributed by atoms with van der Waals surface area (Å²) in [6, 6.07) is 0. The van der Waals surface area contributed by atoms with Crippen LogP contribution in [0.25, 0.3) is 0 Å². The zero-order valence-electron chi connectivity index (χ0n) is 12.6. The molecule has 0 spiro atoms. The molecule has 19 heavy (non-hydrogen) atoms. The van der Waals surface area contributed by atoms with E-state index in [1.165, 1.54) is 12.8 Å². The maximum atomic E-state index is 12.4. The Morgan fingerprint density at radius 2 is 1.79 bits per heavy atom. The Morgan fingerprint density at radius 3 is 2.26 bits per heavy atom. The van der Waals surface area contributed by atoms with Crippen molar-refractivity contribution in [2.75, 3.05) is 26.2 Å². The number of likely N-dealkylation sites (tertiary alicyclic amines) is 1. The van der Waals surface area contributed by atoms with Crippen LogP contribution in [0, 0.1) is 17.3 Å². The van der Waals surface area contributed by atoms with Gasteiger partial charge in [0.15, 0.2) is 0 Å². The number of hydrogen-bond acceptors (Lipinski definition) is 2. The molecule has 0 aromatic rings. The van der Waals surface area contributed by atoms with Crippen molar-refractivity contribution in [3.8, 4) is 0 Å². The van der Waals surface area contributed by atoms with Gasteiger partial charge in [-0.05, 0) is 43.6 Å². The molecule has 2 fully saturated rings. The summed E-state index contributed by atoms with van der Waals surface area (Å²) < 4.78 is 0. The average Bonchev–Trinajstić information content (AvgIpc) is 2.38. The van der Waals surface area contributed by atoms with Crippen molar-refractivity contribution in [1.29, 1.82) is 0 Å². The quantitative estimate of drug-likeness (QED) is 0.805. The van der Waals surface area contributed by atoms with Gasteiger partial charge in [-0.3, -0.25) is 4.79 Å². The van der Waals surface area contributed by atoms with Crippen molar-refractivity contribution in [2.24, 2.45) is 17.3 Å². The molecule has 2 heterocycles. The van der Waals surface area contributed by atoms with Gasteiger partial charge in [0.25, 0.3) is 0 Å². The van der Waals surface area contributed by atoms with Gasteiger partial charge in [0, 0.05) is 19.6 Å². The molecule has 0 saturated carbocycles. The number of amides is 1. The molecule has 1 N–H and O–H groups in total. The third-order valence-corrected chi connectivity index (χ3v) is 4.68. The Balaban J connectivity index is 0.00000180. The summed E-state index contributed by atoms with van der Waals surface area (Å²) in [6.07, 6.45) is 4.57. The maximum Gasteiger partial charge on any atom is 0.226 e. The Labute approximate surface area is 123 Å². The second-order valence-corrected chi connectivity index (χ2v) is 7.01. The fraction of sp³-hybridized carbons (Fsp3) is 0.933. The number of nitrogens with zero attached hydrogens (tertiary/aromatic N) is 1. The minimum Gasteiger partial charge on any atom is -0.342 e. The molecule has 2 aliphatic rings. The third-order valence-electron chi connectivity index (χ3n) is 4.68. The van der Waals surface area contributed by atoms with Gasteiger partial charge in [-0.25, -0.2) is 0 Å². The highest BCUT2D eigenvalue weighted by molar-refractivity contribution is 5.85. The number of carbonyl (C=O) groups excluding carboxylic acids is 1. The van der Waals surface area contributed by atoms with E-state index in [2.05, 4.69) is 31.0 Å². The van der Waals surface area contributed by atoms with Crippen LogP contribution in [-0.2, 0) is 4.79 Å². The molecule has 2 aliphatic heterocycles. The van der Waals surface area contributed by atoms with E-state index < -0.39 is 0 Å². The van der Waals surface area contributed by atoms with E-state index in [0.29, 0.717) is 11.3 Å². The van der Waals surface area contributed by atoms with E-state index in [-0.39, 0.29) is 18.3 Å². The van der Waals surface area contributed by atoms with Crippen LogP contribution in [0.15, 0.2) is 0 Å². The Morgan fingerprint density at radius 1 is 1.16 bits per heavy atom. The summed E-state index contributed by atoms with van der Waals surface area (Å²) in [5.74, 6) is 1.41. The summed E-state index contributed by atoms with van der Waals surface area (Å²) >= 11 is 0. The summed E-state index contributed by atoms with van der Waals surface area (Å²) in [5.41, 5.74) is 0.390. The predicted octanol–water partition coefficient (Wildman–Crippen LogP) is 2.69. The van der Waals surface area contributed by atoms with Crippen molar-refractivity contribution in [3.05, 3.63) is 0 Å². The van der Waals surface area contributed by atoms with Gasteiger partial charge in [0.1, 0.15) is 0 Å². The molecule has 2 rings (SSSR count). The zero-order chi connectivity index (χ0) is 13.2. The molecule has 1 amide bonds. The van der Waals surface area contributed by atoms with E-state index >= 15 is 0 Å². The molecule has 0 unspecified atom stereocenters. The highest BCUT2D eigenvalue weighted by Gasteiger charge is 2.32. The van der Waals surface area contributed by atoms with Crippen LogP contribution in [0.1, 0.15) is 46.5 Å². The molecule has 4 heteroatoms. The van der Waals surface area contributed by atoms with Crippen molar-refractivity contribution >= 4 is 18.3 Å². The molecular weight excluding hydrogens is 260 g/mol. The lowest BCUT2D eigenvalue weighted by molar-refractivity contribution is -0.138. The van der Waals surface area contributed by atoms with Gasteiger partial charge in [-0.1, -0.05) is 20.8 Å². The third kappa shape index (κ3) is 4.35. The van der Waals surface area contributed by atoms with Crippen molar-refractivity contribution in [3.63, 3.8) is 0 Å². The first-order valence-electron chi connectivity index (χ1n) is 7.48. The number of nitrogens with one attached hydrogen (secondary N) is 1. The van der Waals surface area contributed by atoms with E-state index in [1.54, 1.807) is 0 Å². The average molecular weight is 289 g/mol. The Kier molecular flexibility index (Phi) is 6.13. The van der Waals surface area contributed by atoms with E-state index in [9.17, 15) is 4.79 Å². The molecule has 0 aromatic heterocycles. The van der Waals surface area contributed by atoms with Gasteiger partial charge in [0.2, 0.25) is 5.91 Å². The molecule has 0 aliphatic carbocycles. The lowest BCUT2D eigenvalue weighted by atomic mass is 9.75. The molecule has 112 valence electrons. The van der Waals surface area contributed by atoms with Crippen molar-refractivity contribution in [1.82, 2.24) is 10.2 Å². The first-order valence-corrected chi connectivity index (χ1v) is 7.48. The highest BCUT2D eigenvalue weighted by Crippen LogP contribution is 2.34. The Bertz CT molecular complexity index is 287. The fourth-order valence-corrected chi connectivity index (χ4v) is 3.29. The van der Waals surface area contributed by atoms with Gasteiger partial charge in [0.05, 0.1) is 5.92 Å². The standard InChI is InChI=1S/C15H28N2O.ClH/c1-15(2,3)13-6-9-17(10-7-13)14(18)12-5-4-8-16-11-12;/h12-13,16H,4-11H2,1-3H3;1H/t12-;/m1./s1. The highest BCUT2D eigenvalue weighted by atomic mass is 35.5. The largest absolute Gasteiger partial charge is 0.342 e. The van der Waals surface area contributed by atoms with E-state index in [0.717, 1.165) is 44.9 Å². The molecule has 2 saturated heterocycles. The predicted molar refractivity (Wildman–Crippen MR) is 81.6 cm³/mol. The molecular formula is C15H29ClN2O. The Hall–Kier alpha value is -0.280. The second-order valence-electron chi connectivity index (χ2n) is 7.01. The van der Waals surface area contributed by atoms with Crippen LogP contribution in [0.2, 0.25) is 0 Å². The van der Waals surface area contributed by atoms with Gasteiger partial charge < -0.3 is 10.2 Å². The minimum atomic E-state index is 0. The summed E-state index contributed by atoms with van der Waals surface area (Å²) in [4.78, 5) is 14.5. The van der Waals surface area contributed by atoms with Crippen LogP contribution < -0.4 is 5.32 Å². The van der Waals surface area contributed by atoms with Crippen LogP contribution in [0.4, 0.5) is 0 Å². The monoisotopic (exact) mass is 288 g/mol. The smallest absolute Gasteiger partial charge is 0.226 e. The minimum absolute atomic E-state index is 0. The molecule has 0 bridgehead atoms. The molecule has 1 atom stereocenters. The summed E-state index contributed by atoms with van der Waals surface area (Å²) in [7, 11) is 0. The molecule has 3 nitrogen and oxygen atoms in total. The molecule has 0 radical (unpaired) electrons. The van der Waals surface area contributed by atoms with Gasteiger partial charge in [-0.15, -0.1) is 12.4 Å². The summed E-state index contributed by atoms with van der Waals surface area (Å²) in [6.45, 7) is 10.9. The first-order chi connectivity index (χ1) is 8.48. The van der Waals surface area contributed by atoms with Crippen LogP contribution >= 0.6 is 12.4 Å². The van der Waals surface area contributed by atoms with Gasteiger partial charge in [-0.2, -0.15) is 0 Å². The van der Waals surface area contributed by atoms with Crippen LogP contribution in [0.5, 0.6) is 0 Å². The number of hydrogen-bond donors (Lipinski definition) is 1. The van der Waals surface area contributed by atoms with Crippen molar-refractivity contribution in [2.45, 2.75) is 46.5 Å². The SMILES string of the molecule is CC(C)(C)C1CCN(C(=O)[C@@H]2CCCNC2)CC1.Cl. The zero-order valence-corrected chi connectivity index (χ0v) is 13.4. The van der Waals surface area contributed by atoms with Crippen LogP contribution in [0.3, 0.4) is 0 Å². The van der Waals surface area contributed by atoms with E-state index in [1.807, 2.05) is 0 Å². The lowest BCUT2D eigenvalue weighted by Gasteiger charge is -2.40. The first kappa shape index (κ1) is 16.8. The summed E-state index contributed by atoms with van der Waals surface area (Å²) in [5, 5.41) is 3.34.